The summed E-state index contributed by atoms with van der Waals surface area (Å²) in [6.07, 6.45) is 2.27. The molecule has 0 radical (unpaired) electrons. The Morgan fingerprint density at radius 2 is 2.05 bits per heavy atom. The molecular weight excluding hydrogens is 292 g/mol. The van der Waals surface area contributed by atoms with Gasteiger partial charge in [0.15, 0.2) is 0 Å². The van der Waals surface area contributed by atoms with E-state index in [1.165, 1.54) is 29.2 Å². The number of carbonyl (C=O) groups is 1. The fourth-order valence-corrected chi connectivity index (χ4v) is 1.97. The number of aliphatic hydroxyl groups is 1. The topological polar surface area (TPSA) is 64.0 Å². The third kappa shape index (κ3) is 5.75. The number of carbonyl (C=O) groups excluding carboxylic acids is 1. The van der Waals surface area contributed by atoms with Gasteiger partial charge in [-0.3, -0.25) is 4.79 Å². The summed E-state index contributed by atoms with van der Waals surface area (Å²) in [6, 6.07) is 4.35. The summed E-state index contributed by atoms with van der Waals surface area (Å²) in [7, 11) is 5.42. The first-order chi connectivity index (χ1) is 9.81. The first kappa shape index (κ1) is 17.5. The number of halogens is 1. The van der Waals surface area contributed by atoms with Gasteiger partial charge in [0.2, 0.25) is 5.91 Å². The number of hydrogen-bond acceptors (Lipinski definition) is 4. The van der Waals surface area contributed by atoms with Crippen LogP contribution in [0.2, 0.25) is 5.02 Å². The van der Waals surface area contributed by atoms with Crippen molar-refractivity contribution in [3.05, 3.63) is 40.9 Å². The molecule has 0 aliphatic carbocycles. The predicted octanol–water partition coefficient (Wildman–Crippen LogP) is 1.66. The van der Waals surface area contributed by atoms with Gasteiger partial charge >= 0.3 is 0 Å². The monoisotopic (exact) mass is 312 g/mol. The Hall–Kier alpha value is -1.56. The zero-order valence-electron chi connectivity index (χ0n) is 12.5. The molecule has 0 spiro atoms. The zero-order chi connectivity index (χ0) is 16.0. The maximum Gasteiger partial charge on any atom is 0.246 e. The van der Waals surface area contributed by atoms with E-state index in [2.05, 4.69) is 0 Å². The van der Waals surface area contributed by atoms with Crippen LogP contribution in [0.3, 0.4) is 0 Å². The molecule has 0 saturated carbocycles. The van der Waals surface area contributed by atoms with Gasteiger partial charge in [0, 0.05) is 30.3 Å². The SMILES string of the molecule is CN(C)C/C=C/C(=O)N(C)CC(O)c1cc(O)ccc1Cl. The van der Waals surface area contributed by atoms with E-state index in [-0.39, 0.29) is 18.2 Å². The second kappa shape index (κ2) is 8.02. The van der Waals surface area contributed by atoms with Gasteiger partial charge in [-0.1, -0.05) is 17.7 Å². The lowest BCUT2D eigenvalue weighted by atomic mass is 10.1. The average molecular weight is 313 g/mol. The highest BCUT2D eigenvalue weighted by Crippen LogP contribution is 2.27. The summed E-state index contributed by atoms with van der Waals surface area (Å²) in [5, 5.41) is 19.9. The van der Waals surface area contributed by atoms with Crippen molar-refractivity contribution in [1.82, 2.24) is 9.80 Å². The number of amides is 1. The van der Waals surface area contributed by atoms with E-state index in [0.717, 1.165) is 0 Å². The third-order valence-electron chi connectivity index (χ3n) is 2.89. The van der Waals surface area contributed by atoms with Crippen LogP contribution < -0.4 is 0 Å². The van der Waals surface area contributed by atoms with Gasteiger partial charge in [-0.15, -0.1) is 0 Å². The summed E-state index contributed by atoms with van der Waals surface area (Å²) in [5.41, 5.74) is 0.397. The molecule has 0 aliphatic heterocycles. The summed E-state index contributed by atoms with van der Waals surface area (Å²) in [6.45, 7) is 0.759. The van der Waals surface area contributed by atoms with Crippen molar-refractivity contribution in [3.8, 4) is 5.75 Å². The molecule has 6 heteroatoms. The molecule has 21 heavy (non-hydrogen) atoms. The number of aliphatic hydroxyl groups excluding tert-OH is 1. The molecule has 1 atom stereocenters. The van der Waals surface area contributed by atoms with E-state index in [9.17, 15) is 15.0 Å². The maximum absolute atomic E-state index is 11.9. The standard InChI is InChI=1S/C15H21ClN2O3/c1-17(2)8-4-5-15(21)18(3)10-14(20)12-9-11(19)6-7-13(12)16/h4-7,9,14,19-20H,8,10H2,1-3H3/b5-4+. The van der Waals surface area contributed by atoms with Crippen LogP contribution in [0, 0.1) is 0 Å². The normalized spacial score (nSPS) is 12.9. The van der Waals surface area contributed by atoms with Gasteiger partial charge in [-0.2, -0.15) is 0 Å². The van der Waals surface area contributed by atoms with Crippen molar-refractivity contribution in [3.63, 3.8) is 0 Å². The molecule has 5 nitrogen and oxygen atoms in total. The van der Waals surface area contributed by atoms with Crippen molar-refractivity contribution >= 4 is 17.5 Å². The summed E-state index contributed by atoms with van der Waals surface area (Å²) in [4.78, 5) is 15.2. The lowest BCUT2D eigenvalue weighted by Crippen LogP contribution is -2.30. The molecule has 1 amide bonds. The quantitative estimate of drug-likeness (QED) is 0.784. The van der Waals surface area contributed by atoms with Crippen LogP contribution in [0.4, 0.5) is 0 Å². The molecule has 1 unspecified atom stereocenters. The van der Waals surface area contributed by atoms with Crippen LogP contribution in [0.25, 0.3) is 0 Å². The summed E-state index contributed by atoms with van der Waals surface area (Å²) in [5.74, 6) is -0.180. The fraction of sp³-hybridized carbons (Fsp3) is 0.400. The molecule has 0 aromatic heterocycles. The first-order valence-corrected chi connectivity index (χ1v) is 6.92. The van der Waals surface area contributed by atoms with Crippen molar-refractivity contribution in [1.29, 1.82) is 0 Å². The summed E-state index contributed by atoms with van der Waals surface area (Å²) < 4.78 is 0. The van der Waals surface area contributed by atoms with E-state index in [1.54, 1.807) is 13.1 Å². The molecule has 1 aromatic rings. The number of phenols is 1. The number of hydrogen-bond donors (Lipinski definition) is 2. The number of benzene rings is 1. The second-order valence-electron chi connectivity index (χ2n) is 5.10. The molecule has 1 rings (SSSR count). The fourth-order valence-electron chi connectivity index (χ4n) is 1.73. The van der Waals surface area contributed by atoms with Crippen molar-refractivity contribution < 1.29 is 15.0 Å². The van der Waals surface area contributed by atoms with Crippen molar-refractivity contribution in [2.75, 3.05) is 34.2 Å². The smallest absolute Gasteiger partial charge is 0.246 e. The van der Waals surface area contributed by atoms with E-state index < -0.39 is 6.10 Å². The van der Waals surface area contributed by atoms with Gasteiger partial charge < -0.3 is 20.0 Å². The third-order valence-corrected chi connectivity index (χ3v) is 3.24. The van der Waals surface area contributed by atoms with Crippen LogP contribution in [0.1, 0.15) is 11.7 Å². The Balaban J connectivity index is 2.65. The number of nitrogens with zero attached hydrogens (tertiary/aromatic N) is 2. The average Bonchev–Trinajstić information content (AvgIpc) is 2.40. The highest BCUT2D eigenvalue weighted by Gasteiger charge is 2.16. The Labute approximate surface area is 130 Å². The van der Waals surface area contributed by atoms with E-state index >= 15 is 0 Å². The Morgan fingerprint density at radius 3 is 2.67 bits per heavy atom. The highest BCUT2D eigenvalue weighted by atomic mass is 35.5. The lowest BCUT2D eigenvalue weighted by molar-refractivity contribution is -0.126. The Kier molecular flexibility index (Phi) is 6.68. The molecule has 0 saturated heterocycles. The van der Waals surface area contributed by atoms with Crippen molar-refractivity contribution in [2.24, 2.45) is 0 Å². The molecule has 0 bridgehead atoms. The van der Waals surface area contributed by atoms with E-state index in [0.29, 0.717) is 17.1 Å². The number of likely N-dealkylation sites (N-methyl/N-ethyl adjacent to an activating group) is 2. The van der Waals surface area contributed by atoms with Crippen LogP contribution >= 0.6 is 11.6 Å². The van der Waals surface area contributed by atoms with Crippen LogP contribution in [-0.4, -0.2) is 60.2 Å². The lowest BCUT2D eigenvalue weighted by Gasteiger charge is -2.20. The zero-order valence-corrected chi connectivity index (χ0v) is 13.2. The van der Waals surface area contributed by atoms with Crippen LogP contribution in [0.15, 0.2) is 30.4 Å². The molecular formula is C15H21ClN2O3. The number of rotatable bonds is 6. The molecule has 0 aliphatic rings. The van der Waals surface area contributed by atoms with Gasteiger partial charge in [-0.25, -0.2) is 0 Å². The van der Waals surface area contributed by atoms with Gasteiger partial charge in [0.1, 0.15) is 5.75 Å². The van der Waals surface area contributed by atoms with Crippen LogP contribution in [0.5, 0.6) is 5.75 Å². The molecule has 2 N–H and O–H groups in total. The Bertz CT molecular complexity index is 518. The minimum absolute atomic E-state index is 0.0216. The van der Waals surface area contributed by atoms with Gasteiger partial charge in [0.25, 0.3) is 0 Å². The molecule has 116 valence electrons. The second-order valence-corrected chi connectivity index (χ2v) is 5.51. The van der Waals surface area contributed by atoms with E-state index in [4.69, 9.17) is 11.6 Å². The maximum atomic E-state index is 11.9. The predicted molar refractivity (Wildman–Crippen MR) is 83.4 cm³/mol. The molecule has 0 fully saturated rings. The largest absolute Gasteiger partial charge is 0.508 e. The Morgan fingerprint density at radius 1 is 1.38 bits per heavy atom. The van der Waals surface area contributed by atoms with Crippen molar-refractivity contribution in [2.45, 2.75) is 6.10 Å². The van der Waals surface area contributed by atoms with Gasteiger partial charge in [0.05, 0.1) is 12.6 Å². The summed E-state index contributed by atoms with van der Waals surface area (Å²) >= 11 is 5.98. The van der Waals surface area contributed by atoms with E-state index in [1.807, 2.05) is 19.0 Å². The van der Waals surface area contributed by atoms with Gasteiger partial charge in [-0.05, 0) is 32.3 Å². The first-order valence-electron chi connectivity index (χ1n) is 6.54. The van der Waals surface area contributed by atoms with Crippen LogP contribution in [-0.2, 0) is 4.79 Å². The molecule has 1 aromatic carbocycles. The molecule has 0 heterocycles. The number of phenolic OH excluding ortho intramolecular Hbond substituents is 1. The number of aromatic hydroxyl groups is 1. The minimum Gasteiger partial charge on any atom is -0.508 e. The highest BCUT2D eigenvalue weighted by molar-refractivity contribution is 6.31. The minimum atomic E-state index is -0.958.